The second-order valence-corrected chi connectivity index (χ2v) is 4.63. The molecule has 4 nitrogen and oxygen atoms in total. The molecule has 3 aromatic rings. The van der Waals surface area contributed by atoms with Crippen LogP contribution in [0, 0.1) is 13.8 Å². The summed E-state index contributed by atoms with van der Waals surface area (Å²) >= 11 is 0. The molecule has 3 rings (SSSR count). The van der Waals surface area contributed by atoms with Crippen LogP contribution in [0.1, 0.15) is 11.1 Å². The fourth-order valence-corrected chi connectivity index (χ4v) is 2.08. The largest absolute Gasteiger partial charge is 0.463 e. The number of rotatable bonds is 2. The van der Waals surface area contributed by atoms with Gasteiger partial charge in [0.05, 0.1) is 12.0 Å². The summed E-state index contributed by atoms with van der Waals surface area (Å²) < 4.78 is 7.10. The van der Waals surface area contributed by atoms with Gasteiger partial charge in [-0.05, 0) is 43.2 Å². The number of nitrogen functional groups attached to an aromatic ring is 1. The Labute approximate surface area is 111 Å². The van der Waals surface area contributed by atoms with Crippen molar-refractivity contribution in [3.63, 3.8) is 0 Å². The molecular weight excluding hydrogens is 238 g/mol. The highest BCUT2D eigenvalue weighted by atomic mass is 16.3. The fourth-order valence-electron chi connectivity index (χ4n) is 2.08. The Morgan fingerprint density at radius 3 is 2.74 bits per heavy atom. The van der Waals surface area contributed by atoms with Crippen molar-refractivity contribution in [2.75, 3.05) is 5.73 Å². The van der Waals surface area contributed by atoms with Crippen LogP contribution in [0.5, 0.6) is 0 Å². The highest BCUT2D eigenvalue weighted by Gasteiger charge is 2.12. The van der Waals surface area contributed by atoms with Gasteiger partial charge in [-0.2, -0.15) is 5.10 Å². The van der Waals surface area contributed by atoms with Crippen LogP contribution in [-0.2, 0) is 0 Å². The van der Waals surface area contributed by atoms with Gasteiger partial charge in [-0.3, -0.25) is 0 Å². The molecule has 4 heteroatoms. The number of nitrogens with two attached hydrogens (primary N) is 1. The summed E-state index contributed by atoms with van der Waals surface area (Å²) in [5.41, 5.74) is 10.1. The van der Waals surface area contributed by atoms with Crippen molar-refractivity contribution in [2.45, 2.75) is 13.8 Å². The average molecular weight is 253 g/mol. The van der Waals surface area contributed by atoms with Crippen molar-refractivity contribution < 1.29 is 4.42 Å². The van der Waals surface area contributed by atoms with Crippen molar-refractivity contribution in [1.82, 2.24) is 9.78 Å². The molecule has 0 saturated carbocycles. The third-order valence-electron chi connectivity index (χ3n) is 3.10. The Morgan fingerprint density at radius 2 is 2.00 bits per heavy atom. The third kappa shape index (κ3) is 2.01. The number of furan rings is 1. The molecule has 0 aliphatic rings. The second kappa shape index (κ2) is 4.31. The zero-order valence-electron chi connectivity index (χ0n) is 10.9. The maximum atomic E-state index is 6.06. The summed E-state index contributed by atoms with van der Waals surface area (Å²) in [6, 6.07) is 11.7. The lowest BCUT2D eigenvalue weighted by Crippen LogP contribution is -2.03. The van der Waals surface area contributed by atoms with Gasteiger partial charge in [0.2, 0.25) is 0 Å². The van der Waals surface area contributed by atoms with Crippen molar-refractivity contribution in [1.29, 1.82) is 0 Å². The van der Waals surface area contributed by atoms with Gasteiger partial charge in [0.15, 0.2) is 5.76 Å². The first kappa shape index (κ1) is 11.6. The third-order valence-corrected chi connectivity index (χ3v) is 3.10. The first-order valence-electron chi connectivity index (χ1n) is 6.12. The number of hydrogen-bond donors (Lipinski definition) is 1. The summed E-state index contributed by atoms with van der Waals surface area (Å²) in [4.78, 5) is 0. The number of anilines is 1. The van der Waals surface area contributed by atoms with E-state index in [4.69, 9.17) is 10.2 Å². The minimum atomic E-state index is 0.597. The van der Waals surface area contributed by atoms with Crippen LogP contribution in [0.2, 0.25) is 0 Å². The highest BCUT2D eigenvalue weighted by molar-refractivity contribution is 5.59. The number of aromatic nitrogens is 2. The Bertz CT molecular complexity index is 711. The van der Waals surface area contributed by atoms with E-state index >= 15 is 0 Å². The van der Waals surface area contributed by atoms with Gasteiger partial charge in [-0.25, -0.2) is 4.68 Å². The Hall–Kier alpha value is -2.49. The molecule has 1 aromatic carbocycles. The number of nitrogens with zero attached hydrogens (tertiary/aromatic N) is 2. The van der Waals surface area contributed by atoms with Gasteiger partial charge >= 0.3 is 0 Å². The van der Waals surface area contributed by atoms with Crippen LogP contribution < -0.4 is 5.73 Å². The standard InChI is InChI=1S/C15H15N3O/c1-10-5-6-11(2)13(8-10)18-15(16)9-12(17-18)14-4-3-7-19-14/h3-9H,16H2,1-2H3. The predicted octanol–water partition coefficient (Wildman–Crippen LogP) is 3.33. The van der Waals surface area contributed by atoms with Crippen molar-refractivity contribution in [3.05, 3.63) is 53.8 Å². The maximum Gasteiger partial charge on any atom is 0.154 e. The lowest BCUT2D eigenvalue weighted by molar-refractivity contribution is 0.579. The molecule has 0 radical (unpaired) electrons. The van der Waals surface area contributed by atoms with E-state index in [1.165, 1.54) is 5.56 Å². The normalized spacial score (nSPS) is 10.8. The van der Waals surface area contributed by atoms with Gasteiger partial charge in [0.25, 0.3) is 0 Å². The van der Waals surface area contributed by atoms with E-state index in [0.29, 0.717) is 5.82 Å². The maximum absolute atomic E-state index is 6.06. The second-order valence-electron chi connectivity index (χ2n) is 4.63. The molecular formula is C15H15N3O. The van der Waals surface area contributed by atoms with E-state index in [1.54, 1.807) is 10.9 Å². The number of hydrogen-bond acceptors (Lipinski definition) is 3. The molecule has 2 N–H and O–H groups in total. The molecule has 0 fully saturated rings. The van der Waals surface area contributed by atoms with E-state index in [-0.39, 0.29) is 0 Å². The zero-order valence-corrected chi connectivity index (χ0v) is 10.9. The van der Waals surface area contributed by atoms with E-state index in [0.717, 1.165) is 22.7 Å². The molecule has 0 amide bonds. The predicted molar refractivity (Wildman–Crippen MR) is 75.2 cm³/mol. The molecule has 0 spiro atoms. The first-order chi connectivity index (χ1) is 9.15. The van der Waals surface area contributed by atoms with Crippen LogP contribution in [0.15, 0.2) is 47.1 Å². The summed E-state index contributed by atoms with van der Waals surface area (Å²) in [6.45, 7) is 4.10. The van der Waals surface area contributed by atoms with Crippen LogP contribution >= 0.6 is 0 Å². The van der Waals surface area contributed by atoms with Crippen LogP contribution in [0.4, 0.5) is 5.82 Å². The Morgan fingerprint density at radius 1 is 1.16 bits per heavy atom. The number of aryl methyl sites for hydroxylation is 2. The van der Waals surface area contributed by atoms with Crippen molar-refractivity contribution >= 4 is 5.82 Å². The molecule has 0 aliphatic heterocycles. The van der Waals surface area contributed by atoms with E-state index < -0.39 is 0 Å². The SMILES string of the molecule is Cc1ccc(C)c(-n2nc(-c3ccco3)cc2N)c1. The first-order valence-corrected chi connectivity index (χ1v) is 6.12. The molecule has 0 bridgehead atoms. The quantitative estimate of drug-likeness (QED) is 0.762. The summed E-state index contributed by atoms with van der Waals surface area (Å²) in [5.74, 6) is 1.32. The smallest absolute Gasteiger partial charge is 0.154 e. The number of benzene rings is 1. The summed E-state index contributed by atoms with van der Waals surface area (Å²) in [6.07, 6.45) is 1.63. The average Bonchev–Trinajstić information content (AvgIpc) is 3.01. The monoisotopic (exact) mass is 253 g/mol. The van der Waals surface area contributed by atoms with Gasteiger partial charge < -0.3 is 10.2 Å². The summed E-state index contributed by atoms with van der Waals surface area (Å²) in [7, 11) is 0. The molecule has 2 aromatic heterocycles. The zero-order chi connectivity index (χ0) is 13.4. The molecule has 2 heterocycles. The van der Waals surface area contributed by atoms with Gasteiger partial charge in [0, 0.05) is 6.07 Å². The molecule has 0 unspecified atom stereocenters. The summed E-state index contributed by atoms with van der Waals surface area (Å²) in [5, 5.41) is 4.52. The van der Waals surface area contributed by atoms with Crippen LogP contribution in [0.3, 0.4) is 0 Å². The van der Waals surface area contributed by atoms with E-state index in [2.05, 4.69) is 30.2 Å². The minimum absolute atomic E-state index is 0.597. The molecule has 0 saturated heterocycles. The molecule has 19 heavy (non-hydrogen) atoms. The molecule has 96 valence electrons. The van der Waals surface area contributed by atoms with Gasteiger partial charge in [-0.1, -0.05) is 12.1 Å². The van der Waals surface area contributed by atoms with Gasteiger partial charge in [0.1, 0.15) is 11.5 Å². The van der Waals surface area contributed by atoms with E-state index in [9.17, 15) is 0 Å². The molecule has 0 aliphatic carbocycles. The topological polar surface area (TPSA) is 57.0 Å². The minimum Gasteiger partial charge on any atom is -0.463 e. The van der Waals surface area contributed by atoms with Crippen molar-refractivity contribution in [2.24, 2.45) is 0 Å². The highest BCUT2D eigenvalue weighted by Crippen LogP contribution is 2.25. The van der Waals surface area contributed by atoms with Crippen LogP contribution in [-0.4, -0.2) is 9.78 Å². The van der Waals surface area contributed by atoms with Crippen molar-refractivity contribution in [3.8, 4) is 17.1 Å². The Balaban J connectivity index is 2.13. The lowest BCUT2D eigenvalue weighted by Gasteiger charge is -2.08. The Kier molecular flexibility index (Phi) is 2.63. The fraction of sp³-hybridized carbons (Fsp3) is 0.133. The van der Waals surface area contributed by atoms with Gasteiger partial charge in [-0.15, -0.1) is 0 Å². The van der Waals surface area contributed by atoms with Crippen LogP contribution in [0.25, 0.3) is 17.1 Å². The molecule has 0 atom stereocenters. The van der Waals surface area contributed by atoms with E-state index in [1.807, 2.05) is 25.1 Å². The lowest BCUT2D eigenvalue weighted by atomic mass is 10.1.